The highest BCUT2D eigenvalue weighted by molar-refractivity contribution is 7.93. The lowest BCUT2D eigenvalue weighted by molar-refractivity contribution is -0.116. The van der Waals surface area contributed by atoms with Crippen LogP contribution in [-0.2, 0) is 14.8 Å². The second-order valence-electron chi connectivity index (χ2n) is 5.28. The fourth-order valence-electron chi connectivity index (χ4n) is 2.42. The van der Waals surface area contributed by atoms with Crippen molar-refractivity contribution in [3.8, 4) is 5.75 Å². The maximum Gasteiger partial charge on any atom is 0.235 e. The highest BCUT2D eigenvalue weighted by Gasteiger charge is 2.29. The second kappa shape index (κ2) is 7.00. The van der Waals surface area contributed by atoms with E-state index in [-0.39, 0.29) is 11.7 Å². The Labute approximate surface area is 131 Å². The van der Waals surface area contributed by atoms with Crippen LogP contribution in [0.3, 0.4) is 0 Å². The van der Waals surface area contributed by atoms with Gasteiger partial charge < -0.3 is 10.1 Å². The van der Waals surface area contributed by atoms with Crippen molar-refractivity contribution in [2.45, 2.75) is 32.6 Å². The van der Waals surface area contributed by atoms with Crippen LogP contribution in [0.15, 0.2) is 18.2 Å². The highest BCUT2D eigenvalue weighted by atomic mass is 32.2. The summed E-state index contributed by atoms with van der Waals surface area (Å²) in [5, 5.41) is 2.80. The largest absolute Gasteiger partial charge is 0.494 e. The van der Waals surface area contributed by atoms with Crippen molar-refractivity contribution in [1.29, 1.82) is 0 Å². The van der Waals surface area contributed by atoms with Crippen LogP contribution >= 0.6 is 0 Å². The Kier molecular flexibility index (Phi) is 5.28. The number of nitrogens with zero attached hydrogens (tertiary/aromatic N) is 1. The van der Waals surface area contributed by atoms with Crippen LogP contribution in [0.1, 0.15) is 32.6 Å². The molecule has 1 heterocycles. The molecule has 2 rings (SSSR count). The van der Waals surface area contributed by atoms with Gasteiger partial charge in [-0.05, 0) is 25.0 Å². The first kappa shape index (κ1) is 16.6. The van der Waals surface area contributed by atoms with Gasteiger partial charge in [0, 0.05) is 19.0 Å². The van der Waals surface area contributed by atoms with Gasteiger partial charge in [0.15, 0.2) is 0 Å². The third-order valence-electron chi connectivity index (χ3n) is 3.60. The van der Waals surface area contributed by atoms with E-state index >= 15 is 0 Å². The number of amides is 1. The number of sulfonamides is 1. The van der Waals surface area contributed by atoms with E-state index in [4.69, 9.17) is 4.74 Å². The summed E-state index contributed by atoms with van der Waals surface area (Å²) in [5.41, 5.74) is 1.13. The molecule has 0 atom stereocenters. The summed E-state index contributed by atoms with van der Waals surface area (Å²) >= 11 is 0. The molecule has 1 fully saturated rings. The molecule has 1 aliphatic heterocycles. The van der Waals surface area contributed by atoms with Crippen molar-refractivity contribution >= 4 is 27.3 Å². The fourth-order valence-corrected chi connectivity index (χ4v) is 3.97. The molecule has 0 aliphatic carbocycles. The Hall–Kier alpha value is -1.76. The van der Waals surface area contributed by atoms with Gasteiger partial charge in [0.2, 0.25) is 15.9 Å². The third kappa shape index (κ3) is 3.71. The van der Waals surface area contributed by atoms with Crippen LogP contribution in [0.2, 0.25) is 0 Å². The minimum Gasteiger partial charge on any atom is -0.494 e. The van der Waals surface area contributed by atoms with E-state index in [1.54, 1.807) is 18.2 Å². The van der Waals surface area contributed by atoms with Gasteiger partial charge in [-0.3, -0.25) is 9.10 Å². The Morgan fingerprint density at radius 2 is 2.18 bits per heavy atom. The number of carbonyl (C=O) groups excluding carboxylic acids is 1. The van der Waals surface area contributed by atoms with E-state index in [0.29, 0.717) is 36.5 Å². The smallest absolute Gasteiger partial charge is 0.235 e. The first-order valence-corrected chi connectivity index (χ1v) is 9.07. The molecule has 6 nitrogen and oxygen atoms in total. The lowest BCUT2D eigenvalue weighted by Crippen LogP contribution is -2.25. The van der Waals surface area contributed by atoms with Crippen LogP contribution in [-0.4, -0.2) is 33.7 Å². The van der Waals surface area contributed by atoms with Crippen molar-refractivity contribution in [3.63, 3.8) is 0 Å². The van der Waals surface area contributed by atoms with Crippen LogP contribution in [0.4, 0.5) is 11.4 Å². The maximum absolute atomic E-state index is 12.0. The average Bonchev–Trinajstić information content (AvgIpc) is 2.85. The van der Waals surface area contributed by atoms with Crippen LogP contribution in [0.25, 0.3) is 0 Å². The van der Waals surface area contributed by atoms with E-state index in [2.05, 4.69) is 5.32 Å². The summed E-state index contributed by atoms with van der Waals surface area (Å²) in [5.74, 6) is 0.566. The topological polar surface area (TPSA) is 75.7 Å². The molecule has 22 heavy (non-hydrogen) atoms. The molecular formula is C15H22N2O4S. The molecule has 0 aromatic heterocycles. The molecule has 1 N–H and O–H groups in total. The molecule has 0 unspecified atom stereocenters. The molecule has 1 amide bonds. The van der Waals surface area contributed by atoms with Gasteiger partial charge in [-0.25, -0.2) is 8.42 Å². The normalized spacial score (nSPS) is 16.5. The summed E-state index contributed by atoms with van der Waals surface area (Å²) in [6.07, 6.45) is 2.87. The lowest BCUT2D eigenvalue weighted by Gasteiger charge is -2.19. The number of nitrogens with one attached hydrogen (secondary N) is 1. The quantitative estimate of drug-likeness (QED) is 0.871. The predicted octanol–water partition coefficient (Wildman–Crippen LogP) is 2.36. The zero-order valence-corrected chi connectivity index (χ0v) is 13.8. The number of hydrogen-bond acceptors (Lipinski definition) is 4. The maximum atomic E-state index is 12.0. The van der Waals surface area contributed by atoms with Crippen LogP contribution in [0, 0.1) is 0 Å². The van der Waals surface area contributed by atoms with E-state index in [1.807, 2.05) is 6.92 Å². The Bertz CT molecular complexity index is 643. The first-order chi connectivity index (χ1) is 10.5. The van der Waals surface area contributed by atoms with E-state index < -0.39 is 10.0 Å². The second-order valence-corrected chi connectivity index (χ2v) is 7.29. The molecular weight excluding hydrogens is 304 g/mol. The van der Waals surface area contributed by atoms with Crippen LogP contribution < -0.4 is 14.4 Å². The van der Waals surface area contributed by atoms with E-state index in [9.17, 15) is 13.2 Å². The van der Waals surface area contributed by atoms with Crippen molar-refractivity contribution < 1.29 is 17.9 Å². The van der Waals surface area contributed by atoms with E-state index in [0.717, 1.165) is 12.8 Å². The van der Waals surface area contributed by atoms with Gasteiger partial charge in [0.25, 0.3) is 0 Å². The van der Waals surface area contributed by atoms with Crippen molar-refractivity contribution in [2.75, 3.05) is 29.0 Å². The molecule has 1 aliphatic rings. The molecule has 0 radical (unpaired) electrons. The average molecular weight is 326 g/mol. The summed E-state index contributed by atoms with van der Waals surface area (Å²) in [6.45, 7) is 2.51. The Morgan fingerprint density at radius 3 is 2.77 bits per heavy atom. The van der Waals surface area contributed by atoms with Crippen molar-refractivity contribution in [2.24, 2.45) is 0 Å². The third-order valence-corrected chi connectivity index (χ3v) is 5.47. The number of carbonyl (C=O) groups is 1. The van der Waals surface area contributed by atoms with Gasteiger partial charge in [0.1, 0.15) is 5.75 Å². The Balaban J connectivity index is 2.19. The van der Waals surface area contributed by atoms with Gasteiger partial charge in [-0.2, -0.15) is 0 Å². The number of hydrogen-bond donors (Lipinski definition) is 1. The number of rotatable bonds is 6. The van der Waals surface area contributed by atoms with Crippen LogP contribution in [0.5, 0.6) is 5.75 Å². The number of benzene rings is 1. The molecule has 1 saturated heterocycles. The van der Waals surface area contributed by atoms with Gasteiger partial charge in [-0.15, -0.1) is 0 Å². The first-order valence-electron chi connectivity index (χ1n) is 7.46. The zero-order valence-electron chi connectivity index (χ0n) is 13.0. The number of unbranched alkanes of at least 4 members (excludes halogenated alkanes) is 1. The highest BCUT2D eigenvalue weighted by Crippen LogP contribution is 2.32. The minimum atomic E-state index is -3.22. The van der Waals surface area contributed by atoms with E-state index in [1.165, 1.54) is 11.4 Å². The summed E-state index contributed by atoms with van der Waals surface area (Å²) in [6, 6.07) is 5.03. The molecule has 0 saturated carbocycles. The summed E-state index contributed by atoms with van der Waals surface area (Å²) in [7, 11) is -1.72. The Morgan fingerprint density at radius 1 is 1.41 bits per heavy atom. The van der Waals surface area contributed by atoms with Gasteiger partial charge in [0.05, 0.1) is 24.2 Å². The number of anilines is 2. The monoisotopic (exact) mass is 326 g/mol. The summed E-state index contributed by atoms with van der Waals surface area (Å²) < 4.78 is 30.6. The van der Waals surface area contributed by atoms with Gasteiger partial charge in [-0.1, -0.05) is 13.3 Å². The number of ether oxygens (including phenoxy) is 1. The number of methoxy groups -OCH3 is 1. The van der Waals surface area contributed by atoms with Gasteiger partial charge >= 0.3 is 0 Å². The molecule has 1 aromatic rings. The summed E-state index contributed by atoms with van der Waals surface area (Å²) in [4.78, 5) is 11.8. The zero-order chi connectivity index (χ0) is 16.2. The fraction of sp³-hybridized carbons (Fsp3) is 0.533. The standard InChI is InChI=1S/C15H22N2O4S/c1-3-4-6-15(18)16-13-8-7-12(11-14(13)21-2)17-9-5-10-22(17,19)20/h7-8,11H,3-6,9-10H2,1-2H3,(H,16,18). The molecule has 122 valence electrons. The van der Waals surface area contributed by atoms with Crippen molar-refractivity contribution in [3.05, 3.63) is 18.2 Å². The SMILES string of the molecule is CCCCC(=O)Nc1ccc(N2CCCS2(=O)=O)cc1OC. The minimum absolute atomic E-state index is 0.0679. The molecule has 1 aromatic carbocycles. The van der Waals surface area contributed by atoms with Crippen molar-refractivity contribution in [1.82, 2.24) is 0 Å². The molecule has 7 heteroatoms. The molecule has 0 spiro atoms. The lowest BCUT2D eigenvalue weighted by atomic mass is 10.2. The molecule has 0 bridgehead atoms. The predicted molar refractivity (Wildman–Crippen MR) is 86.9 cm³/mol.